The van der Waals surface area contributed by atoms with Crippen molar-refractivity contribution < 1.29 is 0 Å². The molecule has 1 N–H and O–H groups in total. The van der Waals surface area contributed by atoms with E-state index in [2.05, 4.69) is 44.8 Å². The van der Waals surface area contributed by atoms with E-state index in [1.807, 2.05) is 0 Å². The Morgan fingerprint density at radius 2 is 2.56 bits per heavy atom. The molecule has 0 amide bonds. The normalized spacial score (nSPS) is 10.0. The minimum Gasteiger partial charge on any atom is -0.256 e. The van der Waals surface area contributed by atoms with Crippen molar-refractivity contribution in [3.63, 3.8) is 0 Å². The predicted molar refractivity (Wildman–Crippen MR) is 49.9 cm³/mol. The molecule has 0 saturated heterocycles. The Kier molecular flexibility index (Phi) is 2.94. The highest BCUT2D eigenvalue weighted by molar-refractivity contribution is 14.1. The molecule has 1 aromatic rings. The Hall–Kier alpha value is 0.390. The van der Waals surface area contributed by atoms with Crippen LogP contribution in [0.1, 0.15) is 10.4 Å². The van der Waals surface area contributed by atoms with Crippen molar-refractivity contribution >= 4 is 34.2 Å². The van der Waals surface area contributed by atoms with Gasteiger partial charge in [0, 0.05) is 34.3 Å². The zero-order valence-electron chi connectivity index (χ0n) is 5.15. The summed E-state index contributed by atoms with van der Waals surface area (Å²) in [7, 11) is 0. The molecule has 0 aliphatic carbocycles. The topological polar surface area (TPSA) is 12.0 Å². The summed E-state index contributed by atoms with van der Waals surface area (Å²) in [5.74, 6) is 0. The van der Waals surface area contributed by atoms with Crippen LogP contribution in [0, 0.1) is 6.92 Å². The predicted octanol–water partition coefficient (Wildman–Crippen LogP) is 2.50. The summed E-state index contributed by atoms with van der Waals surface area (Å²) in [6.07, 6.45) is 0. The lowest BCUT2D eigenvalue weighted by Gasteiger charge is -1.88. The molecule has 0 bridgehead atoms. The zero-order valence-corrected chi connectivity index (χ0v) is 8.12. The number of hydrogen-bond acceptors (Lipinski definition) is 2. The molecule has 0 aliphatic heterocycles. The molecule has 1 nitrogen and oxygen atoms in total. The second-order valence-electron chi connectivity index (χ2n) is 1.90. The van der Waals surface area contributed by atoms with Crippen molar-refractivity contribution in [3.8, 4) is 0 Å². The Morgan fingerprint density at radius 3 is 3.00 bits per heavy atom. The molecule has 0 saturated carbocycles. The largest absolute Gasteiger partial charge is 0.256 e. The highest BCUT2D eigenvalue weighted by Gasteiger charge is 1.92. The van der Waals surface area contributed by atoms with E-state index < -0.39 is 0 Å². The quantitative estimate of drug-likeness (QED) is 0.630. The van der Waals surface area contributed by atoms with Crippen LogP contribution in [0.5, 0.6) is 0 Å². The number of thiophene rings is 1. The van der Waals surface area contributed by atoms with E-state index in [-0.39, 0.29) is 0 Å². The van der Waals surface area contributed by atoms with E-state index in [4.69, 9.17) is 0 Å². The van der Waals surface area contributed by atoms with Gasteiger partial charge in [-0.2, -0.15) is 0 Å². The molecule has 0 atom stereocenters. The number of aryl methyl sites for hydroxylation is 1. The summed E-state index contributed by atoms with van der Waals surface area (Å²) in [6.45, 7) is 3.10. The highest BCUT2D eigenvalue weighted by atomic mass is 127. The average molecular weight is 253 g/mol. The van der Waals surface area contributed by atoms with Crippen LogP contribution in [-0.2, 0) is 6.54 Å². The molecule has 0 radical (unpaired) electrons. The third-order valence-electron chi connectivity index (χ3n) is 1.03. The molecule has 1 heterocycles. The molecule has 9 heavy (non-hydrogen) atoms. The monoisotopic (exact) mass is 253 g/mol. The van der Waals surface area contributed by atoms with Gasteiger partial charge >= 0.3 is 0 Å². The summed E-state index contributed by atoms with van der Waals surface area (Å²) in [4.78, 5) is 1.40. The maximum absolute atomic E-state index is 3.08. The first kappa shape index (κ1) is 7.50. The number of nitrogens with one attached hydrogen (secondary N) is 1. The highest BCUT2D eigenvalue weighted by Crippen LogP contribution is 2.12. The maximum atomic E-state index is 3.08. The molecule has 50 valence electrons. The fraction of sp³-hybridized carbons (Fsp3) is 0.333. The van der Waals surface area contributed by atoms with Gasteiger partial charge in [-0.05, 0) is 23.9 Å². The molecular formula is C6H8INS. The summed E-state index contributed by atoms with van der Waals surface area (Å²) >= 11 is 3.96. The van der Waals surface area contributed by atoms with Crippen molar-refractivity contribution in [1.82, 2.24) is 3.53 Å². The second-order valence-corrected chi connectivity index (χ2v) is 3.66. The van der Waals surface area contributed by atoms with Gasteiger partial charge in [-0.1, -0.05) is 0 Å². The van der Waals surface area contributed by atoms with Gasteiger partial charge in [-0.25, -0.2) is 0 Å². The lowest BCUT2D eigenvalue weighted by molar-refractivity contribution is 1.04. The van der Waals surface area contributed by atoms with Gasteiger partial charge < -0.3 is 0 Å². The summed E-state index contributed by atoms with van der Waals surface area (Å²) < 4.78 is 3.08. The molecule has 0 fully saturated rings. The first-order valence-electron chi connectivity index (χ1n) is 2.70. The smallest absolute Gasteiger partial charge is 0.0395 e. The van der Waals surface area contributed by atoms with Gasteiger partial charge in [-0.15, -0.1) is 11.3 Å². The van der Waals surface area contributed by atoms with Gasteiger partial charge in [0.1, 0.15) is 0 Å². The third kappa shape index (κ3) is 2.23. The number of rotatable bonds is 2. The van der Waals surface area contributed by atoms with Crippen LogP contribution in [-0.4, -0.2) is 0 Å². The number of halogens is 1. The first-order chi connectivity index (χ1) is 4.33. The Bertz CT molecular complexity index is 185. The average Bonchev–Trinajstić information content (AvgIpc) is 2.17. The SMILES string of the molecule is Cc1csc(CNI)c1. The molecule has 3 heteroatoms. The Morgan fingerprint density at radius 1 is 1.78 bits per heavy atom. The standard InChI is InChI=1S/C6H8INS/c1-5-2-6(3-8-7)9-4-5/h2,4,8H,3H2,1H3. The maximum Gasteiger partial charge on any atom is 0.0395 e. The fourth-order valence-corrected chi connectivity index (χ4v) is 2.13. The molecule has 0 aliphatic rings. The Labute approximate surface area is 73.0 Å². The lowest BCUT2D eigenvalue weighted by atomic mass is 10.3. The van der Waals surface area contributed by atoms with Crippen LogP contribution in [0.2, 0.25) is 0 Å². The number of hydrogen-bond donors (Lipinski definition) is 1. The lowest BCUT2D eigenvalue weighted by Crippen LogP contribution is -1.93. The van der Waals surface area contributed by atoms with Crippen LogP contribution in [0.3, 0.4) is 0 Å². The van der Waals surface area contributed by atoms with Gasteiger partial charge in [0.05, 0.1) is 0 Å². The molecule has 1 aromatic heterocycles. The molecule has 0 unspecified atom stereocenters. The van der Waals surface area contributed by atoms with Gasteiger partial charge in [0.2, 0.25) is 0 Å². The van der Waals surface area contributed by atoms with E-state index in [1.54, 1.807) is 11.3 Å². The van der Waals surface area contributed by atoms with Gasteiger partial charge in [0.25, 0.3) is 0 Å². The van der Waals surface area contributed by atoms with Crippen LogP contribution >= 0.6 is 34.2 Å². The summed E-state index contributed by atoms with van der Waals surface area (Å²) in [5, 5.41) is 2.17. The van der Waals surface area contributed by atoms with E-state index >= 15 is 0 Å². The molecular weight excluding hydrogens is 245 g/mol. The van der Waals surface area contributed by atoms with E-state index in [0.717, 1.165) is 6.54 Å². The van der Waals surface area contributed by atoms with E-state index in [9.17, 15) is 0 Å². The summed E-state index contributed by atoms with van der Waals surface area (Å²) in [5.41, 5.74) is 1.36. The molecule has 0 spiro atoms. The van der Waals surface area contributed by atoms with Gasteiger partial charge in [-0.3, -0.25) is 3.53 Å². The van der Waals surface area contributed by atoms with E-state index in [0.29, 0.717) is 0 Å². The van der Waals surface area contributed by atoms with Crippen molar-refractivity contribution in [2.24, 2.45) is 0 Å². The second kappa shape index (κ2) is 3.53. The molecule has 0 aromatic carbocycles. The first-order valence-corrected chi connectivity index (χ1v) is 4.66. The molecule has 1 rings (SSSR count). The van der Waals surface area contributed by atoms with Crippen molar-refractivity contribution in [1.29, 1.82) is 0 Å². The summed E-state index contributed by atoms with van der Waals surface area (Å²) in [6, 6.07) is 2.20. The van der Waals surface area contributed by atoms with Gasteiger partial charge in [0.15, 0.2) is 0 Å². The van der Waals surface area contributed by atoms with Crippen molar-refractivity contribution in [2.45, 2.75) is 13.5 Å². The minimum atomic E-state index is 0.985. The van der Waals surface area contributed by atoms with Crippen LogP contribution in [0.15, 0.2) is 11.4 Å². The van der Waals surface area contributed by atoms with Crippen molar-refractivity contribution in [3.05, 3.63) is 21.9 Å². The van der Waals surface area contributed by atoms with Crippen LogP contribution < -0.4 is 3.53 Å². The minimum absolute atomic E-state index is 0.985. The van der Waals surface area contributed by atoms with E-state index in [1.165, 1.54) is 10.4 Å². The van der Waals surface area contributed by atoms with Crippen LogP contribution in [0.4, 0.5) is 0 Å². The Balaban J connectivity index is 2.61. The fourth-order valence-electron chi connectivity index (χ4n) is 0.649. The zero-order chi connectivity index (χ0) is 6.69. The third-order valence-corrected chi connectivity index (χ3v) is 2.46. The van der Waals surface area contributed by atoms with Crippen molar-refractivity contribution in [2.75, 3.05) is 0 Å². The van der Waals surface area contributed by atoms with Crippen LogP contribution in [0.25, 0.3) is 0 Å².